The summed E-state index contributed by atoms with van der Waals surface area (Å²) >= 11 is 0. The van der Waals surface area contributed by atoms with Gasteiger partial charge in [-0.25, -0.2) is 0 Å². The maximum atomic E-state index is 14.7. The van der Waals surface area contributed by atoms with E-state index in [4.69, 9.17) is 10.5 Å². The minimum Gasteiger partial charge on any atom is -0.508 e. The Morgan fingerprint density at radius 1 is 1.14 bits per heavy atom. The van der Waals surface area contributed by atoms with Crippen molar-refractivity contribution in [2.45, 2.75) is 128 Å². The predicted octanol–water partition coefficient (Wildman–Crippen LogP) is 6.41. The highest BCUT2D eigenvalue weighted by Gasteiger charge is 2.64. The zero-order valence-electron chi connectivity index (χ0n) is 37.9. The number of aliphatic hydroxyl groups is 4. The number of nitrogens with two attached hydrogens (primary N) is 1. The summed E-state index contributed by atoms with van der Waals surface area (Å²) in [4.78, 5) is 28.2. The Balaban J connectivity index is 1.26. The van der Waals surface area contributed by atoms with E-state index < -0.39 is 41.3 Å². The lowest BCUT2D eigenvalue weighted by atomic mass is 9.52. The molecule has 2 aliphatic heterocycles. The number of benzene rings is 2. The van der Waals surface area contributed by atoms with Crippen molar-refractivity contribution < 1.29 is 39.9 Å². The van der Waals surface area contributed by atoms with Gasteiger partial charge in [0.05, 0.1) is 24.4 Å². The number of ether oxygens (including phenoxy) is 1. The number of nitrogens with one attached hydrogen (secondary N) is 2. The molecule has 11 nitrogen and oxygen atoms in total. The van der Waals surface area contributed by atoms with Crippen LogP contribution in [0.1, 0.15) is 119 Å². The van der Waals surface area contributed by atoms with Crippen molar-refractivity contribution in [1.29, 1.82) is 0 Å². The number of aliphatic hydroxyl groups excluding tert-OH is 3. The van der Waals surface area contributed by atoms with Gasteiger partial charge in [-0.2, -0.15) is 0 Å². The number of rotatable bonds is 13. The molecule has 8 atom stereocenters. The lowest BCUT2D eigenvalue weighted by Crippen LogP contribution is -2.59. The number of Topliss-reactive ketones (excluding diaryl/α,β-unsaturated/α-hetero) is 1. The molecule has 2 aliphatic carbocycles. The number of fused-ring (bicyclic) bond motifs is 1. The molecule has 0 unspecified atom stereocenters. The van der Waals surface area contributed by atoms with Gasteiger partial charge in [-0.1, -0.05) is 89.8 Å². The van der Waals surface area contributed by atoms with Crippen LogP contribution in [-0.4, -0.2) is 81.4 Å². The smallest absolute Gasteiger partial charge is 0.243 e. The quantitative estimate of drug-likeness (QED) is 0.0633. The Labute approximate surface area is 379 Å². The average Bonchev–Trinajstić information content (AvgIpc) is 3.61. The molecule has 2 aromatic rings. The van der Waals surface area contributed by atoms with Gasteiger partial charge in [0.2, 0.25) is 5.91 Å². The summed E-state index contributed by atoms with van der Waals surface area (Å²) in [7, 11) is 0. The van der Waals surface area contributed by atoms with E-state index in [9.17, 15) is 35.1 Å². The fourth-order valence-electron chi connectivity index (χ4n) is 10.7. The van der Waals surface area contributed by atoms with Crippen LogP contribution in [0.5, 0.6) is 5.75 Å². The lowest BCUT2D eigenvalue weighted by molar-refractivity contribution is -0.167. The van der Waals surface area contributed by atoms with Crippen molar-refractivity contribution >= 4 is 11.7 Å². The van der Waals surface area contributed by atoms with Crippen LogP contribution >= 0.6 is 0 Å². The highest BCUT2D eigenvalue weighted by molar-refractivity contribution is 5.98. The Hall–Kier alpha value is -4.64. The highest BCUT2D eigenvalue weighted by Crippen LogP contribution is 2.63. The molecular weight excluding hydrogens is 807 g/mol. The van der Waals surface area contributed by atoms with Crippen molar-refractivity contribution in [2.75, 3.05) is 26.4 Å². The van der Waals surface area contributed by atoms with Crippen LogP contribution < -0.4 is 16.4 Å². The summed E-state index contributed by atoms with van der Waals surface area (Å²) in [6.45, 7) is 10.5. The van der Waals surface area contributed by atoms with Gasteiger partial charge in [0.1, 0.15) is 24.6 Å². The molecule has 9 N–H and O–H groups in total. The first-order valence-corrected chi connectivity index (χ1v) is 23.0. The van der Waals surface area contributed by atoms with E-state index >= 15 is 0 Å². The maximum Gasteiger partial charge on any atom is 0.243 e. The van der Waals surface area contributed by atoms with Gasteiger partial charge in [0, 0.05) is 37.3 Å². The minimum atomic E-state index is -1.27. The number of aryl methyl sites for hydroxylation is 1. The molecule has 0 bridgehead atoms. The number of amides is 1. The first-order valence-electron chi connectivity index (χ1n) is 23.0. The van der Waals surface area contributed by atoms with E-state index in [0.717, 1.165) is 35.1 Å². The van der Waals surface area contributed by atoms with Crippen LogP contribution in [0.4, 0.5) is 0 Å². The number of phenolic OH excluding ortho intramolecular Hbond substituents is 1. The lowest BCUT2D eigenvalue weighted by Gasteiger charge is -2.55. The summed E-state index contributed by atoms with van der Waals surface area (Å²) in [5.41, 5.74) is 11.6. The number of aromatic hydroxyl groups is 1. The van der Waals surface area contributed by atoms with Crippen molar-refractivity contribution in [1.82, 2.24) is 10.6 Å². The molecule has 2 fully saturated rings. The maximum absolute atomic E-state index is 14.7. The van der Waals surface area contributed by atoms with Crippen LogP contribution in [0, 0.1) is 29.1 Å². The fourth-order valence-corrected chi connectivity index (χ4v) is 10.7. The van der Waals surface area contributed by atoms with Gasteiger partial charge in [-0.15, -0.1) is 0 Å². The molecule has 64 heavy (non-hydrogen) atoms. The van der Waals surface area contributed by atoms with E-state index in [1.807, 2.05) is 62.4 Å². The number of carbonyl (C=O) groups excluding carboxylic acids is 2. The molecule has 344 valence electrons. The first-order chi connectivity index (χ1) is 30.7. The van der Waals surface area contributed by atoms with Crippen LogP contribution in [-0.2, 0) is 27.2 Å². The number of hydrogen-bond acceptors (Lipinski definition) is 10. The molecule has 1 spiro atoms. The van der Waals surface area contributed by atoms with Crippen molar-refractivity contribution in [2.24, 2.45) is 23.0 Å². The Kier molecular flexibility index (Phi) is 16.8. The van der Waals surface area contributed by atoms with Gasteiger partial charge in [-0.3, -0.25) is 14.9 Å². The van der Waals surface area contributed by atoms with E-state index in [0.29, 0.717) is 80.1 Å². The first kappa shape index (κ1) is 48.8. The van der Waals surface area contributed by atoms with E-state index in [2.05, 4.69) is 42.1 Å². The molecule has 2 heterocycles. The summed E-state index contributed by atoms with van der Waals surface area (Å²) in [5, 5.41) is 61.9. The van der Waals surface area contributed by atoms with Gasteiger partial charge >= 0.3 is 0 Å². The number of carbonyl (C=O) groups is 2. The van der Waals surface area contributed by atoms with E-state index in [1.54, 1.807) is 12.1 Å². The van der Waals surface area contributed by atoms with E-state index in [-0.39, 0.29) is 56.1 Å². The second-order valence-electron chi connectivity index (χ2n) is 18.6. The second kappa shape index (κ2) is 22.0. The minimum absolute atomic E-state index is 0.0121. The Morgan fingerprint density at radius 3 is 2.69 bits per heavy atom. The fraction of sp³-hybridized carbons (Fsp3) is 0.509. The molecule has 2 saturated carbocycles. The molecular formula is C53H69N3O8. The number of hydrogen-bond donors (Lipinski definition) is 8. The summed E-state index contributed by atoms with van der Waals surface area (Å²) in [6, 6.07) is 11.5. The van der Waals surface area contributed by atoms with Gasteiger partial charge < -0.3 is 41.3 Å². The summed E-state index contributed by atoms with van der Waals surface area (Å²) in [6.07, 6.45) is 11.8. The zero-order chi connectivity index (χ0) is 46.0. The zero-order valence-corrected chi connectivity index (χ0v) is 37.9. The van der Waals surface area contributed by atoms with E-state index in [1.165, 1.54) is 5.57 Å². The van der Waals surface area contributed by atoms with Crippen LogP contribution in [0.25, 0.3) is 0 Å². The molecule has 1 amide bonds. The third-order valence-electron chi connectivity index (χ3n) is 14.3. The molecule has 6 rings (SSSR count). The van der Waals surface area contributed by atoms with Gasteiger partial charge in [0.25, 0.3) is 0 Å². The van der Waals surface area contributed by atoms with Crippen molar-refractivity contribution in [3.05, 3.63) is 123 Å². The van der Waals surface area contributed by atoms with Crippen LogP contribution in [0.2, 0.25) is 0 Å². The van der Waals surface area contributed by atoms with Crippen LogP contribution in [0.3, 0.4) is 0 Å². The van der Waals surface area contributed by atoms with Crippen LogP contribution in [0.15, 0.2) is 101 Å². The third kappa shape index (κ3) is 11.2. The topological polar surface area (TPSA) is 195 Å². The standard InChI is InChI=1S/C53H69N3O8/c1-34-11-5-6-30-64-33-39(16-8-14-35(2)13-7-12-34)43-26-28-53(49(43)61)45(18-10-29-57)42(25-27-52(53,4)63)36(3)46(60)31-38-15-9-17-44-47(38)48(51(62)56-50(44)54)55-32-41(59)24-21-37-19-22-40(58)23-20-37/h8-9,12,14-17,19-20,22-23,41,43,45,48-50,55,57-59,61,63H,2,7,10-11,13,18,21,24-33,54H2,1,3-4H3,(H,56,62)/b14-8+,34-12+,39-16-,42-36+/t41-,43-,45-,48+,49-,50-,52-,53-/m1/s1. The molecule has 2 aromatic carbocycles. The molecule has 0 radical (unpaired) electrons. The molecule has 0 aromatic heterocycles. The molecule has 11 heteroatoms. The van der Waals surface area contributed by atoms with Crippen molar-refractivity contribution in [3.63, 3.8) is 0 Å². The van der Waals surface area contributed by atoms with Gasteiger partial charge in [-0.05, 0) is 136 Å². The Morgan fingerprint density at radius 2 is 1.92 bits per heavy atom. The summed E-state index contributed by atoms with van der Waals surface area (Å²) in [5.74, 6) is 5.28. The third-order valence-corrected chi connectivity index (χ3v) is 14.3. The molecule has 0 saturated heterocycles. The number of allylic oxidation sites excluding steroid dienone is 8. The van der Waals surface area contributed by atoms with Crippen molar-refractivity contribution in [3.8, 4) is 17.6 Å². The monoisotopic (exact) mass is 876 g/mol. The normalized spacial score (nSPS) is 31.2. The molecule has 4 aliphatic rings. The SMILES string of the molecule is C=C1/C=C/C=C(\[C@H]2CC[C@@]3([C@H](CCCO)/C(=C(\C)C(=O)Cc4cccc5c4[C@H](NC[C@H](O)CCc4ccc(O)cc4)C(=O)N[C@H]5N)CC[C@@]3(C)O)[C@@H]2O)COCC#CC/C(C)=C/CC1. The highest BCUT2D eigenvalue weighted by atomic mass is 16.5. The Bertz CT molecular complexity index is 2190. The number of ketones is 1. The number of phenols is 1. The second-order valence-corrected chi connectivity index (χ2v) is 18.6. The summed E-state index contributed by atoms with van der Waals surface area (Å²) < 4.78 is 6.09. The largest absolute Gasteiger partial charge is 0.508 e. The van der Waals surface area contributed by atoms with Gasteiger partial charge in [0.15, 0.2) is 5.78 Å². The average molecular weight is 876 g/mol. The predicted molar refractivity (Wildman–Crippen MR) is 249 cm³/mol.